The van der Waals surface area contributed by atoms with Crippen LogP contribution in [0.4, 0.5) is 14.5 Å². The van der Waals surface area contributed by atoms with Gasteiger partial charge in [0.1, 0.15) is 23.9 Å². The first-order valence-electron chi connectivity index (χ1n) is 10.0. The largest absolute Gasteiger partial charge is 0.485 e. The predicted octanol–water partition coefficient (Wildman–Crippen LogP) is 7.11. The molecule has 0 saturated heterocycles. The Bertz CT molecular complexity index is 1110. The van der Waals surface area contributed by atoms with E-state index >= 15 is 0 Å². The molecular formula is C24H24ClF2NO4. The van der Waals surface area contributed by atoms with E-state index in [2.05, 4.69) is 23.9 Å². The van der Waals surface area contributed by atoms with E-state index in [9.17, 15) is 13.6 Å². The maximum atomic E-state index is 12.5. The number of furan rings is 1. The van der Waals surface area contributed by atoms with Gasteiger partial charge in [-0.3, -0.25) is 4.79 Å². The number of ether oxygens (including phenoxy) is 2. The van der Waals surface area contributed by atoms with Crippen molar-refractivity contribution in [2.75, 3.05) is 5.32 Å². The minimum atomic E-state index is -2.91. The minimum absolute atomic E-state index is 0.0196. The zero-order valence-electron chi connectivity index (χ0n) is 18.2. The van der Waals surface area contributed by atoms with Gasteiger partial charge in [-0.2, -0.15) is 8.78 Å². The number of amides is 1. The summed E-state index contributed by atoms with van der Waals surface area (Å²) >= 11 is 6.23. The molecule has 5 nitrogen and oxygen atoms in total. The Hall–Kier alpha value is -3.06. The summed E-state index contributed by atoms with van der Waals surface area (Å²) in [6.07, 6.45) is 0. The minimum Gasteiger partial charge on any atom is -0.485 e. The molecule has 0 radical (unpaired) electrons. The van der Waals surface area contributed by atoms with Crippen LogP contribution in [0.1, 0.15) is 52.8 Å². The summed E-state index contributed by atoms with van der Waals surface area (Å²) in [7, 11) is 0. The van der Waals surface area contributed by atoms with Crippen molar-refractivity contribution >= 4 is 23.2 Å². The topological polar surface area (TPSA) is 60.7 Å². The Morgan fingerprint density at radius 2 is 1.84 bits per heavy atom. The molecule has 0 spiro atoms. The molecule has 3 aromatic rings. The maximum absolute atomic E-state index is 12.5. The van der Waals surface area contributed by atoms with Crippen molar-refractivity contribution in [3.63, 3.8) is 0 Å². The van der Waals surface area contributed by atoms with Gasteiger partial charge in [0, 0.05) is 10.7 Å². The van der Waals surface area contributed by atoms with Crippen LogP contribution in [0.15, 0.2) is 46.9 Å². The fraction of sp³-hybridized carbons (Fsp3) is 0.292. The third-order valence-corrected chi connectivity index (χ3v) is 5.25. The summed E-state index contributed by atoms with van der Waals surface area (Å²) in [4.78, 5) is 12.5. The van der Waals surface area contributed by atoms with Crippen LogP contribution in [0.3, 0.4) is 0 Å². The molecule has 0 aliphatic carbocycles. The second kappa shape index (κ2) is 10.0. The monoisotopic (exact) mass is 463 g/mol. The maximum Gasteiger partial charge on any atom is 0.387 e. The molecule has 0 saturated carbocycles. The third-order valence-electron chi connectivity index (χ3n) is 4.84. The highest BCUT2D eigenvalue weighted by Crippen LogP contribution is 2.32. The average Bonchev–Trinajstić information content (AvgIpc) is 3.19. The Labute approximate surface area is 190 Å². The van der Waals surface area contributed by atoms with Gasteiger partial charge in [0.25, 0.3) is 5.91 Å². The van der Waals surface area contributed by atoms with Crippen molar-refractivity contribution in [3.8, 4) is 11.5 Å². The van der Waals surface area contributed by atoms with Crippen LogP contribution in [-0.2, 0) is 6.61 Å². The van der Waals surface area contributed by atoms with Gasteiger partial charge in [-0.05, 0) is 78.9 Å². The van der Waals surface area contributed by atoms with Gasteiger partial charge in [-0.1, -0.05) is 25.4 Å². The van der Waals surface area contributed by atoms with Gasteiger partial charge in [0.2, 0.25) is 0 Å². The number of nitrogens with one attached hydrogen (secondary N) is 1. The number of aryl methyl sites for hydroxylation is 2. The van der Waals surface area contributed by atoms with E-state index in [1.807, 2.05) is 19.1 Å². The Morgan fingerprint density at radius 1 is 1.09 bits per heavy atom. The molecule has 1 N–H and O–H groups in total. The second-order valence-corrected chi connectivity index (χ2v) is 8.07. The molecule has 8 heteroatoms. The number of rotatable bonds is 8. The molecule has 0 fully saturated rings. The normalized spacial score (nSPS) is 11.2. The smallest absolute Gasteiger partial charge is 0.387 e. The van der Waals surface area contributed by atoms with Crippen LogP contribution < -0.4 is 14.8 Å². The van der Waals surface area contributed by atoms with E-state index in [4.69, 9.17) is 20.8 Å². The molecule has 0 atom stereocenters. The Balaban J connectivity index is 1.66. The van der Waals surface area contributed by atoms with Gasteiger partial charge in [0.15, 0.2) is 5.76 Å². The first-order chi connectivity index (χ1) is 15.1. The van der Waals surface area contributed by atoms with E-state index in [0.29, 0.717) is 27.8 Å². The summed E-state index contributed by atoms with van der Waals surface area (Å²) in [6, 6.07) is 11.3. The SMILES string of the molecule is Cc1cc(OCc2ccc(C(=O)Nc3ccc(OC(F)F)cc3C)o2)c(C(C)C)cc1Cl. The number of benzene rings is 2. The highest BCUT2D eigenvalue weighted by Gasteiger charge is 2.16. The van der Waals surface area contributed by atoms with E-state index in [1.165, 1.54) is 18.2 Å². The molecule has 1 heterocycles. The molecule has 0 aliphatic rings. The van der Waals surface area contributed by atoms with Crippen LogP contribution in [0.5, 0.6) is 11.5 Å². The molecule has 3 rings (SSSR count). The average molecular weight is 464 g/mol. The number of hydrogen-bond acceptors (Lipinski definition) is 4. The van der Waals surface area contributed by atoms with Crippen molar-refractivity contribution in [2.24, 2.45) is 0 Å². The van der Waals surface area contributed by atoms with Crippen LogP contribution in [-0.4, -0.2) is 12.5 Å². The fourth-order valence-corrected chi connectivity index (χ4v) is 3.28. The van der Waals surface area contributed by atoms with E-state index < -0.39 is 12.5 Å². The Morgan fingerprint density at radius 3 is 2.50 bits per heavy atom. The van der Waals surface area contributed by atoms with E-state index in [0.717, 1.165) is 11.1 Å². The molecule has 1 aromatic heterocycles. The number of hydrogen-bond donors (Lipinski definition) is 1. The standard InChI is InChI=1S/C24H24ClF2NO4/c1-13(2)18-11-19(25)14(3)10-22(18)30-12-17-6-8-21(31-17)23(29)28-20-7-5-16(9-15(20)4)32-24(26)27/h5-11,13,24H,12H2,1-4H3,(H,28,29). The zero-order chi connectivity index (χ0) is 23.4. The van der Waals surface area contributed by atoms with Gasteiger partial charge >= 0.3 is 6.61 Å². The van der Waals surface area contributed by atoms with Gasteiger partial charge < -0.3 is 19.2 Å². The van der Waals surface area contributed by atoms with Crippen LogP contribution in [0.2, 0.25) is 5.02 Å². The Kier molecular flexibility index (Phi) is 7.40. The van der Waals surface area contributed by atoms with Crippen molar-refractivity contribution in [1.82, 2.24) is 0 Å². The van der Waals surface area contributed by atoms with Gasteiger partial charge in [0.05, 0.1) is 0 Å². The predicted molar refractivity (Wildman–Crippen MR) is 119 cm³/mol. The van der Waals surface area contributed by atoms with Crippen LogP contribution in [0, 0.1) is 13.8 Å². The number of carbonyl (C=O) groups excluding carboxylic acids is 1. The van der Waals surface area contributed by atoms with E-state index in [1.54, 1.807) is 19.1 Å². The fourth-order valence-electron chi connectivity index (χ4n) is 3.11. The zero-order valence-corrected chi connectivity index (χ0v) is 18.9. The van der Waals surface area contributed by atoms with Crippen molar-refractivity contribution in [1.29, 1.82) is 0 Å². The quantitative estimate of drug-likeness (QED) is 0.387. The molecule has 32 heavy (non-hydrogen) atoms. The lowest BCUT2D eigenvalue weighted by atomic mass is 10.0. The number of carbonyl (C=O) groups is 1. The highest BCUT2D eigenvalue weighted by molar-refractivity contribution is 6.31. The number of halogens is 3. The second-order valence-electron chi connectivity index (χ2n) is 7.66. The first kappa shape index (κ1) is 23.6. The molecule has 0 bridgehead atoms. The van der Waals surface area contributed by atoms with E-state index in [-0.39, 0.29) is 24.0 Å². The molecule has 1 amide bonds. The molecule has 0 unspecified atom stereocenters. The van der Waals surface area contributed by atoms with Crippen molar-refractivity contribution in [2.45, 2.75) is 46.8 Å². The lowest BCUT2D eigenvalue weighted by Crippen LogP contribution is -2.12. The van der Waals surface area contributed by atoms with Crippen molar-refractivity contribution in [3.05, 3.63) is 75.7 Å². The highest BCUT2D eigenvalue weighted by atomic mass is 35.5. The summed E-state index contributed by atoms with van der Waals surface area (Å²) in [6.45, 7) is 4.92. The lowest BCUT2D eigenvalue weighted by Gasteiger charge is -2.15. The van der Waals surface area contributed by atoms with Gasteiger partial charge in [-0.25, -0.2) is 0 Å². The summed E-state index contributed by atoms with van der Waals surface area (Å²) < 4.78 is 40.6. The van der Waals surface area contributed by atoms with Crippen LogP contribution in [0.25, 0.3) is 0 Å². The molecule has 170 valence electrons. The summed E-state index contributed by atoms with van der Waals surface area (Å²) in [5.41, 5.74) is 2.93. The summed E-state index contributed by atoms with van der Waals surface area (Å²) in [5, 5.41) is 3.38. The van der Waals surface area contributed by atoms with Gasteiger partial charge in [-0.15, -0.1) is 0 Å². The molecular weight excluding hydrogens is 440 g/mol. The third kappa shape index (κ3) is 5.79. The van der Waals surface area contributed by atoms with Crippen molar-refractivity contribution < 1.29 is 27.5 Å². The molecule has 2 aromatic carbocycles. The first-order valence-corrected chi connectivity index (χ1v) is 10.4. The number of alkyl halides is 2. The lowest BCUT2D eigenvalue weighted by molar-refractivity contribution is -0.0498. The summed E-state index contributed by atoms with van der Waals surface area (Å²) in [5.74, 6) is 1.08. The van der Waals surface area contributed by atoms with Crippen LogP contribution >= 0.6 is 11.6 Å². The number of anilines is 1. The molecule has 0 aliphatic heterocycles.